The van der Waals surface area contributed by atoms with Crippen LogP contribution < -0.4 is 5.32 Å². The first-order valence-electron chi connectivity index (χ1n) is 9.61. The third-order valence-electron chi connectivity index (χ3n) is 4.80. The number of hydrogen-bond acceptors (Lipinski definition) is 6. The molecular weight excluding hydrogens is 394 g/mol. The summed E-state index contributed by atoms with van der Waals surface area (Å²) in [6.45, 7) is 1.78. The van der Waals surface area contributed by atoms with E-state index >= 15 is 0 Å². The lowest BCUT2D eigenvalue weighted by molar-refractivity contribution is -0.384. The predicted octanol–water partition coefficient (Wildman–Crippen LogP) is 4.45. The van der Waals surface area contributed by atoms with Crippen molar-refractivity contribution < 1.29 is 9.72 Å². The van der Waals surface area contributed by atoms with Crippen molar-refractivity contribution in [2.45, 2.75) is 13.0 Å². The molecule has 0 aliphatic heterocycles. The molecule has 1 atom stereocenters. The molecule has 154 valence electrons. The number of carbonyl (C=O) groups is 1. The van der Waals surface area contributed by atoms with Gasteiger partial charge in [0.25, 0.3) is 5.69 Å². The van der Waals surface area contributed by atoms with Crippen molar-refractivity contribution in [3.8, 4) is 0 Å². The van der Waals surface area contributed by atoms with Gasteiger partial charge in [-0.25, -0.2) is 4.98 Å². The largest absolute Gasteiger partial charge is 0.366 e. The van der Waals surface area contributed by atoms with Gasteiger partial charge < -0.3 is 5.32 Å². The molecule has 8 heteroatoms. The van der Waals surface area contributed by atoms with Crippen LogP contribution in [-0.4, -0.2) is 25.9 Å². The van der Waals surface area contributed by atoms with E-state index in [1.807, 2.05) is 30.3 Å². The summed E-state index contributed by atoms with van der Waals surface area (Å²) in [7, 11) is 0. The Labute approximate surface area is 178 Å². The number of benzene rings is 3. The van der Waals surface area contributed by atoms with Gasteiger partial charge in [-0.2, -0.15) is 5.10 Å². The van der Waals surface area contributed by atoms with Crippen LogP contribution in [0.2, 0.25) is 0 Å². The minimum absolute atomic E-state index is 0.199. The number of H-pyrrole nitrogens is 1. The zero-order chi connectivity index (χ0) is 21.8. The molecule has 0 saturated carbocycles. The first kappa shape index (κ1) is 20.0. The maximum absolute atomic E-state index is 12.7. The smallest absolute Gasteiger partial charge is 0.293 e. The summed E-state index contributed by atoms with van der Waals surface area (Å²) in [4.78, 5) is 28.4. The fourth-order valence-corrected chi connectivity index (χ4v) is 3.29. The highest BCUT2D eigenvalue weighted by molar-refractivity contribution is 6.09. The molecule has 1 unspecified atom stereocenters. The number of aromatic amines is 1. The van der Waals surface area contributed by atoms with Crippen LogP contribution in [0.15, 0.2) is 78.9 Å². The van der Waals surface area contributed by atoms with E-state index in [9.17, 15) is 14.9 Å². The summed E-state index contributed by atoms with van der Waals surface area (Å²) in [5.41, 5.74) is 1.63. The van der Waals surface area contributed by atoms with E-state index < -0.39 is 11.0 Å². The second kappa shape index (κ2) is 8.58. The summed E-state index contributed by atoms with van der Waals surface area (Å²) in [5, 5.41) is 22.0. The zero-order valence-electron chi connectivity index (χ0n) is 16.6. The predicted molar refractivity (Wildman–Crippen MR) is 116 cm³/mol. The van der Waals surface area contributed by atoms with Gasteiger partial charge in [0.2, 0.25) is 0 Å². The summed E-state index contributed by atoms with van der Waals surface area (Å²) in [6.07, 6.45) is 0. The van der Waals surface area contributed by atoms with Crippen LogP contribution in [-0.2, 0) is 0 Å². The molecule has 0 aliphatic rings. The number of nitro groups is 1. The van der Waals surface area contributed by atoms with Crippen LogP contribution >= 0.6 is 0 Å². The molecule has 2 N–H and O–H groups in total. The Bertz CT molecular complexity index is 1220. The molecule has 0 radical (unpaired) electrons. The van der Waals surface area contributed by atoms with Crippen LogP contribution in [0.3, 0.4) is 0 Å². The Hall–Kier alpha value is -4.33. The van der Waals surface area contributed by atoms with E-state index in [2.05, 4.69) is 20.5 Å². The standard InChI is InChI=1S/C23H19N5O3/c1-15-24-23(27-26-15)21(16-8-4-2-5-9-16)25-19-13-12-18(14-20(19)28(30)31)22(29)17-10-6-3-7-11-17/h2-14,21,25H,1H3,(H,24,26,27). The van der Waals surface area contributed by atoms with Gasteiger partial charge in [0.1, 0.15) is 17.6 Å². The Morgan fingerprint density at radius 3 is 2.29 bits per heavy atom. The van der Waals surface area contributed by atoms with Crippen LogP contribution in [0.25, 0.3) is 0 Å². The average molecular weight is 413 g/mol. The fourth-order valence-electron chi connectivity index (χ4n) is 3.29. The van der Waals surface area contributed by atoms with Crippen molar-refractivity contribution in [3.05, 3.63) is 117 Å². The molecular formula is C23H19N5O3. The Morgan fingerprint density at radius 1 is 1.00 bits per heavy atom. The minimum Gasteiger partial charge on any atom is -0.366 e. The van der Waals surface area contributed by atoms with Crippen LogP contribution in [0.4, 0.5) is 11.4 Å². The van der Waals surface area contributed by atoms with E-state index in [4.69, 9.17) is 0 Å². The fraction of sp³-hybridized carbons (Fsp3) is 0.0870. The molecule has 4 rings (SSSR count). The van der Waals surface area contributed by atoms with Gasteiger partial charge in [-0.15, -0.1) is 0 Å². The van der Waals surface area contributed by atoms with E-state index in [0.717, 1.165) is 5.56 Å². The summed E-state index contributed by atoms with van der Waals surface area (Å²) < 4.78 is 0. The maximum atomic E-state index is 12.7. The number of anilines is 1. The lowest BCUT2D eigenvalue weighted by Gasteiger charge is -2.18. The lowest BCUT2D eigenvalue weighted by atomic mass is 10.0. The highest BCUT2D eigenvalue weighted by Crippen LogP contribution is 2.32. The maximum Gasteiger partial charge on any atom is 0.293 e. The summed E-state index contributed by atoms with van der Waals surface area (Å²) in [5.74, 6) is 0.818. The number of nitrogens with zero attached hydrogens (tertiary/aromatic N) is 3. The van der Waals surface area contributed by atoms with Gasteiger partial charge in [0.15, 0.2) is 11.6 Å². The normalized spacial score (nSPS) is 11.6. The Balaban J connectivity index is 1.72. The summed E-state index contributed by atoms with van der Waals surface area (Å²) >= 11 is 0. The monoisotopic (exact) mass is 413 g/mol. The van der Waals surface area contributed by atoms with Crippen LogP contribution in [0.1, 0.15) is 39.2 Å². The molecule has 0 aliphatic carbocycles. The SMILES string of the molecule is Cc1nc(C(Nc2ccc(C(=O)c3ccccc3)cc2[N+](=O)[O-])c2ccccc2)n[nH]1. The quantitative estimate of drug-likeness (QED) is 0.263. The molecule has 0 amide bonds. The molecule has 0 bridgehead atoms. The number of ketones is 1. The van der Waals surface area contributed by atoms with Gasteiger partial charge >= 0.3 is 0 Å². The molecule has 31 heavy (non-hydrogen) atoms. The molecule has 4 aromatic rings. The van der Waals surface area contributed by atoms with Gasteiger partial charge in [-0.1, -0.05) is 60.7 Å². The molecule has 0 fully saturated rings. The third kappa shape index (κ3) is 4.32. The minimum atomic E-state index is -0.513. The number of carbonyl (C=O) groups excluding carboxylic acids is 1. The number of aryl methyl sites for hydroxylation is 1. The molecule has 3 aromatic carbocycles. The van der Waals surface area contributed by atoms with E-state index in [1.54, 1.807) is 49.4 Å². The molecule has 8 nitrogen and oxygen atoms in total. The van der Waals surface area contributed by atoms with Crippen LogP contribution in [0, 0.1) is 17.0 Å². The molecule has 0 saturated heterocycles. The molecule has 0 spiro atoms. The van der Waals surface area contributed by atoms with E-state index in [0.29, 0.717) is 17.2 Å². The molecule has 1 aromatic heterocycles. The average Bonchev–Trinajstić information content (AvgIpc) is 3.24. The van der Waals surface area contributed by atoms with Crippen molar-refractivity contribution in [1.29, 1.82) is 0 Å². The van der Waals surface area contributed by atoms with Gasteiger partial charge in [-0.3, -0.25) is 20.0 Å². The number of nitrogens with one attached hydrogen (secondary N) is 2. The van der Waals surface area contributed by atoms with E-state index in [-0.39, 0.29) is 22.7 Å². The highest BCUT2D eigenvalue weighted by atomic mass is 16.6. The van der Waals surface area contributed by atoms with E-state index in [1.165, 1.54) is 6.07 Å². The number of rotatable bonds is 7. The lowest BCUT2D eigenvalue weighted by Crippen LogP contribution is -2.15. The second-order valence-electron chi connectivity index (χ2n) is 6.95. The van der Waals surface area contributed by atoms with Crippen molar-refractivity contribution >= 4 is 17.2 Å². The van der Waals surface area contributed by atoms with Crippen molar-refractivity contribution in [2.75, 3.05) is 5.32 Å². The van der Waals surface area contributed by atoms with Crippen molar-refractivity contribution in [1.82, 2.24) is 15.2 Å². The first-order valence-corrected chi connectivity index (χ1v) is 9.61. The highest BCUT2D eigenvalue weighted by Gasteiger charge is 2.24. The zero-order valence-corrected chi connectivity index (χ0v) is 16.6. The third-order valence-corrected chi connectivity index (χ3v) is 4.80. The topological polar surface area (TPSA) is 114 Å². The van der Waals surface area contributed by atoms with Gasteiger partial charge in [0, 0.05) is 17.2 Å². The first-order chi connectivity index (χ1) is 15.0. The number of nitro benzene ring substituents is 1. The molecule has 1 heterocycles. The number of hydrogen-bond donors (Lipinski definition) is 2. The second-order valence-corrected chi connectivity index (χ2v) is 6.95. The Kier molecular flexibility index (Phi) is 5.53. The number of aromatic nitrogens is 3. The summed E-state index contributed by atoms with van der Waals surface area (Å²) in [6, 6.07) is 22.0. The van der Waals surface area contributed by atoms with Crippen molar-refractivity contribution in [2.24, 2.45) is 0 Å². The van der Waals surface area contributed by atoms with Crippen LogP contribution in [0.5, 0.6) is 0 Å². The van der Waals surface area contributed by atoms with Gasteiger partial charge in [0.05, 0.1) is 4.92 Å². The Morgan fingerprint density at radius 2 is 1.68 bits per heavy atom. The van der Waals surface area contributed by atoms with Crippen molar-refractivity contribution in [3.63, 3.8) is 0 Å². The van der Waals surface area contributed by atoms with Gasteiger partial charge in [-0.05, 0) is 24.6 Å².